The van der Waals surface area contributed by atoms with Crippen LogP contribution in [0.2, 0.25) is 0 Å². The van der Waals surface area contributed by atoms with E-state index in [4.69, 9.17) is 9.47 Å². The molecule has 1 saturated carbocycles. The van der Waals surface area contributed by atoms with E-state index in [2.05, 4.69) is 16.3 Å². The van der Waals surface area contributed by atoms with Crippen molar-refractivity contribution >= 4 is 0 Å². The first-order valence-corrected chi connectivity index (χ1v) is 7.88. The molecule has 2 bridgehead atoms. The predicted octanol–water partition coefficient (Wildman–Crippen LogP) is 2.45. The van der Waals surface area contributed by atoms with Gasteiger partial charge in [0.1, 0.15) is 11.5 Å². The summed E-state index contributed by atoms with van der Waals surface area (Å²) in [5, 5.41) is 3.45. The molecule has 0 aromatic heterocycles. The van der Waals surface area contributed by atoms with Crippen molar-refractivity contribution in [1.29, 1.82) is 0 Å². The Labute approximate surface area is 127 Å². The molecule has 21 heavy (non-hydrogen) atoms. The van der Waals surface area contributed by atoms with Crippen molar-refractivity contribution in [3.05, 3.63) is 23.8 Å². The fourth-order valence-corrected chi connectivity index (χ4v) is 3.94. The Kier molecular flexibility index (Phi) is 4.36. The molecule has 0 radical (unpaired) electrons. The summed E-state index contributed by atoms with van der Waals surface area (Å²) in [5.41, 5.74) is 1.21. The van der Waals surface area contributed by atoms with Gasteiger partial charge in [-0.2, -0.15) is 0 Å². The molecule has 1 aromatic carbocycles. The maximum atomic E-state index is 5.56. The van der Waals surface area contributed by atoms with Crippen LogP contribution in [0.3, 0.4) is 0 Å². The minimum Gasteiger partial charge on any atom is -0.497 e. The second kappa shape index (κ2) is 6.24. The quantitative estimate of drug-likeness (QED) is 0.872. The van der Waals surface area contributed by atoms with Crippen LogP contribution >= 0.6 is 0 Å². The van der Waals surface area contributed by atoms with E-state index in [1.807, 2.05) is 19.2 Å². The number of fused-ring (bicyclic) bond motifs is 2. The van der Waals surface area contributed by atoms with Crippen LogP contribution in [-0.2, 0) is 0 Å². The van der Waals surface area contributed by atoms with Crippen LogP contribution in [0.25, 0.3) is 0 Å². The van der Waals surface area contributed by atoms with Crippen molar-refractivity contribution < 1.29 is 9.47 Å². The summed E-state index contributed by atoms with van der Waals surface area (Å²) in [6.45, 7) is 2.32. The highest BCUT2D eigenvalue weighted by Gasteiger charge is 2.38. The molecule has 1 saturated heterocycles. The third-order valence-corrected chi connectivity index (χ3v) is 5.10. The van der Waals surface area contributed by atoms with E-state index in [0.717, 1.165) is 30.0 Å². The summed E-state index contributed by atoms with van der Waals surface area (Å²) in [6, 6.07) is 7.20. The molecule has 116 valence electrons. The summed E-state index contributed by atoms with van der Waals surface area (Å²) in [6.07, 6.45) is 4.20. The SMILES string of the molecule is CNC(CN1CC2CCC1C2)c1ccc(OC)cc1OC. The summed E-state index contributed by atoms with van der Waals surface area (Å²) in [5.74, 6) is 2.68. The lowest BCUT2D eigenvalue weighted by Gasteiger charge is -2.31. The van der Waals surface area contributed by atoms with Gasteiger partial charge in [0.25, 0.3) is 0 Å². The van der Waals surface area contributed by atoms with Crippen LogP contribution < -0.4 is 14.8 Å². The third-order valence-electron chi connectivity index (χ3n) is 5.10. The number of methoxy groups -OCH3 is 2. The van der Waals surface area contributed by atoms with Gasteiger partial charge in [-0.25, -0.2) is 0 Å². The number of nitrogens with zero attached hydrogens (tertiary/aromatic N) is 1. The average molecular weight is 290 g/mol. The average Bonchev–Trinajstić information content (AvgIpc) is 3.14. The van der Waals surface area contributed by atoms with E-state index in [0.29, 0.717) is 6.04 Å². The Morgan fingerprint density at radius 3 is 2.71 bits per heavy atom. The molecule has 1 aliphatic carbocycles. The van der Waals surface area contributed by atoms with Gasteiger partial charge in [-0.3, -0.25) is 4.90 Å². The Bertz CT molecular complexity index is 492. The van der Waals surface area contributed by atoms with Crippen LogP contribution in [0.5, 0.6) is 11.5 Å². The van der Waals surface area contributed by atoms with Crippen LogP contribution in [0.4, 0.5) is 0 Å². The summed E-state index contributed by atoms with van der Waals surface area (Å²) in [4.78, 5) is 2.65. The molecule has 1 N–H and O–H groups in total. The molecular formula is C17H26N2O2. The predicted molar refractivity (Wildman–Crippen MR) is 84.0 cm³/mol. The third kappa shape index (κ3) is 2.87. The van der Waals surface area contributed by atoms with E-state index in [-0.39, 0.29) is 0 Å². The second-order valence-corrected chi connectivity index (χ2v) is 6.24. The van der Waals surface area contributed by atoms with Crippen molar-refractivity contribution in [2.75, 3.05) is 34.4 Å². The zero-order valence-electron chi connectivity index (χ0n) is 13.3. The Morgan fingerprint density at radius 1 is 1.29 bits per heavy atom. The molecule has 1 heterocycles. The number of piperidine rings is 1. The number of nitrogens with one attached hydrogen (secondary N) is 1. The Hall–Kier alpha value is -1.26. The summed E-state index contributed by atoms with van der Waals surface area (Å²) in [7, 11) is 5.44. The number of benzene rings is 1. The largest absolute Gasteiger partial charge is 0.497 e. The first-order valence-electron chi connectivity index (χ1n) is 7.88. The normalized spacial score (nSPS) is 26.0. The number of hydrogen-bond donors (Lipinski definition) is 1. The van der Waals surface area contributed by atoms with Crippen molar-refractivity contribution in [3.63, 3.8) is 0 Å². The van der Waals surface area contributed by atoms with Crippen molar-refractivity contribution in [1.82, 2.24) is 10.2 Å². The van der Waals surface area contributed by atoms with E-state index in [1.165, 1.54) is 31.4 Å². The first-order chi connectivity index (χ1) is 10.2. The van der Waals surface area contributed by atoms with Gasteiger partial charge in [0.05, 0.1) is 14.2 Å². The van der Waals surface area contributed by atoms with E-state index in [9.17, 15) is 0 Å². The molecule has 0 amide bonds. The Morgan fingerprint density at radius 2 is 2.14 bits per heavy atom. The van der Waals surface area contributed by atoms with Crippen molar-refractivity contribution in [2.45, 2.75) is 31.3 Å². The van der Waals surface area contributed by atoms with Gasteiger partial charge in [0.2, 0.25) is 0 Å². The van der Waals surface area contributed by atoms with Gasteiger partial charge >= 0.3 is 0 Å². The fourth-order valence-electron chi connectivity index (χ4n) is 3.94. The highest BCUT2D eigenvalue weighted by Crippen LogP contribution is 2.39. The first kappa shape index (κ1) is 14.7. The minimum atomic E-state index is 0.296. The number of rotatable bonds is 6. The highest BCUT2D eigenvalue weighted by atomic mass is 16.5. The molecule has 2 fully saturated rings. The molecule has 4 heteroatoms. The Balaban J connectivity index is 1.76. The number of likely N-dealkylation sites (N-methyl/N-ethyl adjacent to an activating group) is 1. The molecule has 1 aromatic rings. The van der Waals surface area contributed by atoms with Crippen LogP contribution in [-0.4, -0.2) is 45.3 Å². The molecule has 4 nitrogen and oxygen atoms in total. The smallest absolute Gasteiger partial charge is 0.127 e. The molecule has 0 spiro atoms. The molecule has 3 unspecified atom stereocenters. The topological polar surface area (TPSA) is 33.7 Å². The fraction of sp³-hybridized carbons (Fsp3) is 0.647. The minimum absolute atomic E-state index is 0.296. The maximum Gasteiger partial charge on any atom is 0.127 e. The van der Waals surface area contributed by atoms with Crippen LogP contribution in [0, 0.1) is 5.92 Å². The summed E-state index contributed by atoms with van der Waals surface area (Å²) >= 11 is 0. The second-order valence-electron chi connectivity index (χ2n) is 6.24. The number of ether oxygens (including phenoxy) is 2. The van der Waals surface area contributed by atoms with Gasteiger partial charge in [-0.05, 0) is 38.3 Å². The zero-order chi connectivity index (χ0) is 14.8. The van der Waals surface area contributed by atoms with Crippen molar-refractivity contribution in [3.8, 4) is 11.5 Å². The van der Waals surface area contributed by atoms with Crippen LogP contribution in [0.15, 0.2) is 18.2 Å². The molecular weight excluding hydrogens is 264 g/mol. The van der Waals surface area contributed by atoms with E-state index >= 15 is 0 Å². The van der Waals surface area contributed by atoms with Gasteiger partial charge < -0.3 is 14.8 Å². The lowest BCUT2D eigenvalue weighted by Crippen LogP contribution is -2.38. The highest BCUT2D eigenvalue weighted by molar-refractivity contribution is 5.42. The number of hydrogen-bond acceptors (Lipinski definition) is 4. The standard InChI is InChI=1S/C17H26N2O2/c1-18-16(11-19-10-12-4-5-13(19)8-12)15-7-6-14(20-2)9-17(15)21-3/h6-7,9,12-13,16,18H,4-5,8,10-11H2,1-3H3. The monoisotopic (exact) mass is 290 g/mol. The van der Waals surface area contributed by atoms with Gasteiger partial charge in [0.15, 0.2) is 0 Å². The number of likely N-dealkylation sites (tertiary alicyclic amines) is 1. The van der Waals surface area contributed by atoms with Gasteiger partial charge in [-0.15, -0.1) is 0 Å². The lowest BCUT2D eigenvalue weighted by atomic mass is 10.0. The van der Waals surface area contributed by atoms with E-state index in [1.54, 1.807) is 14.2 Å². The van der Waals surface area contributed by atoms with Gasteiger partial charge in [0, 0.05) is 36.8 Å². The molecule has 2 aliphatic rings. The van der Waals surface area contributed by atoms with Crippen molar-refractivity contribution in [2.24, 2.45) is 5.92 Å². The lowest BCUT2D eigenvalue weighted by molar-refractivity contribution is 0.193. The molecule has 3 atom stereocenters. The molecule has 1 aliphatic heterocycles. The van der Waals surface area contributed by atoms with E-state index < -0.39 is 0 Å². The molecule has 3 rings (SSSR count). The summed E-state index contributed by atoms with van der Waals surface area (Å²) < 4.78 is 10.8. The zero-order valence-corrected chi connectivity index (χ0v) is 13.3. The van der Waals surface area contributed by atoms with Crippen LogP contribution in [0.1, 0.15) is 30.9 Å². The maximum absolute atomic E-state index is 5.56. The van der Waals surface area contributed by atoms with Gasteiger partial charge in [-0.1, -0.05) is 6.07 Å².